The highest BCUT2D eigenvalue weighted by Gasteiger charge is 2.14. The first-order valence-corrected chi connectivity index (χ1v) is 7.26. The fourth-order valence-electron chi connectivity index (χ4n) is 1.72. The third-order valence-electron chi connectivity index (χ3n) is 2.92. The van der Waals surface area contributed by atoms with E-state index in [0.29, 0.717) is 35.0 Å². The van der Waals surface area contributed by atoms with Crippen molar-refractivity contribution in [3.63, 3.8) is 0 Å². The van der Waals surface area contributed by atoms with Gasteiger partial charge in [-0.3, -0.25) is 4.79 Å². The Morgan fingerprint density at radius 2 is 1.85 bits per heavy atom. The van der Waals surface area contributed by atoms with Gasteiger partial charge in [0.25, 0.3) is 0 Å². The van der Waals surface area contributed by atoms with Crippen molar-refractivity contribution in [3.05, 3.63) is 33.8 Å². The highest BCUT2D eigenvalue weighted by Crippen LogP contribution is 2.25. The van der Waals surface area contributed by atoms with Crippen molar-refractivity contribution >= 4 is 29.1 Å². The SMILES string of the molecule is CCC(O)CCNC(=O)CC(O)c1cc(Cl)cc(Cl)c1. The number of nitrogens with one attached hydrogen (secondary N) is 1. The Bertz CT molecular complexity index is 434. The standard InChI is InChI=1S/C14H19Cl2NO3/c1-2-12(18)3-4-17-14(20)8-13(19)9-5-10(15)7-11(16)6-9/h5-7,12-13,18-19H,2-4,8H2,1H3,(H,17,20). The number of carbonyl (C=O) groups excluding carboxylic acids is 1. The fourth-order valence-corrected chi connectivity index (χ4v) is 2.26. The molecule has 0 aromatic heterocycles. The van der Waals surface area contributed by atoms with Crippen LogP contribution in [0, 0.1) is 0 Å². The summed E-state index contributed by atoms with van der Waals surface area (Å²) in [6.45, 7) is 2.26. The highest BCUT2D eigenvalue weighted by molar-refractivity contribution is 6.34. The Morgan fingerprint density at radius 1 is 1.25 bits per heavy atom. The molecule has 0 saturated carbocycles. The molecule has 1 aromatic carbocycles. The number of carbonyl (C=O) groups is 1. The number of hydrogen-bond acceptors (Lipinski definition) is 3. The zero-order valence-electron chi connectivity index (χ0n) is 11.3. The predicted molar refractivity (Wildman–Crippen MR) is 80.0 cm³/mol. The largest absolute Gasteiger partial charge is 0.393 e. The molecule has 4 nitrogen and oxygen atoms in total. The molecule has 0 heterocycles. The van der Waals surface area contributed by atoms with Crippen LogP contribution in [-0.4, -0.2) is 28.8 Å². The molecule has 0 aliphatic rings. The molecule has 2 atom stereocenters. The minimum Gasteiger partial charge on any atom is -0.393 e. The molecule has 0 radical (unpaired) electrons. The van der Waals surface area contributed by atoms with Crippen LogP contribution in [0.1, 0.15) is 37.9 Å². The predicted octanol–water partition coefficient (Wildman–Crippen LogP) is 2.69. The maximum absolute atomic E-state index is 11.6. The third kappa shape index (κ3) is 6.09. The van der Waals surface area contributed by atoms with E-state index in [0.717, 1.165) is 0 Å². The summed E-state index contributed by atoms with van der Waals surface area (Å²) in [5, 5.41) is 22.8. The first-order chi connectivity index (χ1) is 9.42. The van der Waals surface area contributed by atoms with Crippen molar-refractivity contribution < 1.29 is 15.0 Å². The summed E-state index contributed by atoms with van der Waals surface area (Å²) in [7, 11) is 0. The summed E-state index contributed by atoms with van der Waals surface area (Å²) in [4.78, 5) is 11.6. The van der Waals surface area contributed by atoms with Crippen molar-refractivity contribution in [1.29, 1.82) is 0 Å². The van der Waals surface area contributed by atoms with Crippen LogP contribution in [0.4, 0.5) is 0 Å². The second-order valence-corrected chi connectivity index (χ2v) is 5.50. The lowest BCUT2D eigenvalue weighted by molar-refractivity contribution is -0.123. The van der Waals surface area contributed by atoms with Gasteiger partial charge in [-0.2, -0.15) is 0 Å². The van der Waals surface area contributed by atoms with Crippen LogP contribution < -0.4 is 5.32 Å². The minimum absolute atomic E-state index is 0.0705. The average molecular weight is 320 g/mol. The van der Waals surface area contributed by atoms with Crippen LogP contribution in [0.15, 0.2) is 18.2 Å². The van der Waals surface area contributed by atoms with Crippen LogP contribution in [0.3, 0.4) is 0 Å². The first-order valence-electron chi connectivity index (χ1n) is 6.51. The van der Waals surface area contributed by atoms with Gasteiger partial charge in [0.1, 0.15) is 0 Å². The topological polar surface area (TPSA) is 69.6 Å². The van der Waals surface area contributed by atoms with Crippen molar-refractivity contribution in [3.8, 4) is 0 Å². The Balaban J connectivity index is 2.45. The van der Waals surface area contributed by atoms with E-state index >= 15 is 0 Å². The Kier molecular flexibility index (Phi) is 7.30. The van der Waals surface area contributed by atoms with Crippen molar-refractivity contribution in [1.82, 2.24) is 5.32 Å². The number of hydrogen-bond donors (Lipinski definition) is 3. The Hall–Kier alpha value is -0.810. The zero-order chi connectivity index (χ0) is 15.1. The second-order valence-electron chi connectivity index (χ2n) is 4.62. The van der Waals surface area contributed by atoms with Gasteiger partial charge in [-0.25, -0.2) is 0 Å². The van der Waals surface area contributed by atoms with Gasteiger partial charge in [-0.15, -0.1) is 0 Å². The van der Waals surface area contributed by atoms with Crippen LogP contribution in [0.5, 0.6) is 0 Å². The molecule has 1 amide bonds. The van der Waals surface area contributed by atoms with Gasteiger partial charge in [0.2, 0.25) is 5.91 Å². The smallest absolute Gasteiger partial charge is 0.222 e. The van der Waals surface area contributed by atoms with Crippen molar-refractivity contribution in [2.75, 3.05) is 6.54 Å². The molecule has 1 rings (SSSR count). The molecule has 1 aromatic rings. The number of benzene rings is 1. The molecule has 2 unspecified atom stereocenters. The molecule has 0 spiro atoms. The summed E-state index contributed by atoms with van der Waals surface area (Å²) in [5.74, 6) is -0.281. The van der Waals surface area contributed by atoms with E-state index in [1.165, 1.54) is 0 Å². The quantitative estimate of drug-likeness (QED) is 0.723. The molecule has 0 aliphatic heterocycles. The molecule has 0 bridgehead atoms. The van der Waals surface area contributed by atoms with Gasteiger partial charge >= 0.3 is 0 Å². The summed E-state index contributed by atoms with van der Waals surface area (Å²) >= 11 is 11.7. The van der Waals surface area contributed by atoms with Gasteiger partial charge in [0.15, 0.2) is 0 Å². The Labute approximate surface area is 128 Å². The van der Waals surface area contributed by atoms with Crippen LogP contribution in [0.25, 0.3) is 0 Å². The second kappa shape index (κ2) is 8.47. The summed E-state index contributed by atoms with van der Waals surface area (Å²) in [6.07, 6.45) is -0.283. The lowest BCUT2D eigenvalue weighted by atomic mass is 10.1. The number of aliphatic hydroxyl groups excluding tert-OH is 2. The molecule has 0 saturated heterocycles. The van der Waals surface area contributed by atoms with Gasteiger partial charge < -0.3 is 15.5 Å². The van der Waals surface area contributed by atoms with E-state index in [-0.39, 0.29) is 12.3 Å². The summed E-state index contributed by atoms with van der Waals surface area (Å²) in [6, 6.07) is 4.71. The number of halogens is 2. The van der Waals surface area contributed by atoms with E-state index in [2.05, 4.69) is 5.32 Å². The molecule has 20 heavy (non-hydrogen) atoms. The fraction of sp³-hybridized carbons (Fsp3) is 0.500. The normalized spacial score (nSPS) is 13.8. The molecular formula is C14H19Cl2NO3. The third-order valence-corrected chi connectivity index (χ3v) is 3.36. The summed E-state index contributed by atoms with van der Waals surface area (Å²) in [5.41, 5.74) is 0.506. The Morgan fingerprint density at radius 3 is 2.40 bits per heavy atom. The van der Waals surface area contributed by atoms with Crippen LogP contribution in [-0.2, 0) is 4.79 Å². The van der Waals surface area contributed by atoms with E-state index in [1.54, 1.807) is 18.2 Å². The zero-order valence-corrected chi connectivity index (χ0v) is 12.8. The van der Waals surface area contributed by atoms with Gasteiger partial charge in [0.05, 0.1) is 18.6 Å². The van der Waals surface area contributed by atoms with Crippen molar-refractivity contribution in [2.24, 2.45) is 0 Å². The van der Waals surface area contributed by atoms with E-state index in [4.69, 9.17) is 23.2 Å². The number of rotatable bonds is 7. The van der Waals surface area contributed by atoms with E-state index in [1.807, 2.05) is 6.92 Å². The van der Waals surface area contributed by atoms with Crippen LogP contribution in [0.2, 0.25) is 10.0 Å². The lowest BCUT2D eigenvalue weighted by Crippen LogP contribution is -2.28. The molecule has 112 valence electrons. The van der Waals surface area contributed by atoms with Crippen LogP contribution >= 0.6 is 23.2 Å². The molecule has 0 fully saturated rings. The monoisotopic (exact) mass is 319 g/mol. The van der Waals surface area contributed by atoms with Gasteiger partial charge in [-0.1, -0.05) is 30.1 Å². The van der Waals surface area contributed by atoms with E-state index in [9.17, 15) is 15.0 Å². The first kappa shape index (κ1) is 17.2. The van der Waals surface area contributed by atoms with Crippen molar-refractivity contribution in [2.45, 2.75) is 38.4 Å². The maximum atomic E-state index is 11.6. The highest BCUT2D eigenvalue weighted by atomic mass is 35.5. The van der Waals surface area contributed by atoms with E-state index < -0.39 is 12.2 Å². The maximum Gasteiger partial charge on any atom is 0.222 e. The molecule has 3 N–H and O–H groups in total. The summed E-state index contributed by atoms with van der Waals surface area (Å²) < 4.78 is 0. The lowest BCUT2D eigenvalue weighted by Gasteiger charge is -2.13. The average Bonchev–Trinajstić information content (AvgIpc) is 2.37. The molecular weight excluding hydrogens is 301 g/mol. The van der Waals surface area contributed by atoms with Gasteiger partial charge in [0, 0.05) is 16.6 Å². The number of amides is 1. The van der Waals surface area contributed by atoms with Gasteiger partial charge in [-0.05, 0) is 36.6 Å². The molecule has 0 aliphatic carbocycles. The molecule has 6 heteroatoms. The minimum atomic E-state index is -0.956. The number of aliphatic hydroxyl groups is 2.